The largest absolute Gasteiger partial charge is 0.482 e. The number of ether oxygens (including phenoxy) is 1. The predicted octanol–water partition coefficient (Wildman–Crippen LogP) is 3.97. The van der Waals surface area contributed by atoms with E-state index in [1.807, 2.05) is 24.3 Å². The van der Waals surface area contributed by atoms with Crippen molar-refractivity contribution in [2.24, 2.45) is 0 Å². The lowest BCUT2D eigenvalue weighted by molar-refractivity contribution is -0.118. The van der Waals surface area contributed by atoms with Crippen molar-refractivity contribution >= 4 is 45.6 Å². The van der Waals surface area contributed by atoms with Crippen LogP contribution >= 0.6 is 22.9 Å². The highest BCUT2D eigenvalue weighted by molar-refractivity contribution is 7.15. The molecule has 2 aromatic carbocycles. The topological polar surface area (TPSA) is 80.3 Å². The maximum atomic E-state index is 12.5. The number of carbonyl (C=O) groups is 2. The Balaban J connectivity index is 1.45. The fourth-order valence-electron chi connectivity index (χ4n) is 2.66. The number of nitrogens with zero attached hydrogens (tertiary/aromatic N) is 1. The van der Waals surface area contributed by atoms with Gasteiger partial charge in [-0.3, -0.25) is 14.9 Å². The first kappa shape index (κ1) is 17.5. The fraction of sp³-hybridized carbons (Fsp3) is 0.105. The number of thiazole rings is 1. The van der Waals surface area contributed by atoms with E-state index in [0.717, 1.165) is 10.4 Å². The van der Waals surface area contributed by atoms with Crippen LogP contribution < -0.4 is 15.4 Å². The van der Waals surface area contributed by atoms with Crippen LogP contribution in [0.4, 0.5) is 10.8 Å². The molecule has 2 amide bonds. The number of rotatable bonds is 4. The maximum absolute atomic E-state index is 12.5. The van der Waals surface area contributed by atoms with Crippen LogP contribution in [0, 0.1) is 0 Å². The molecule has 0 aliphatic carbocycles. The van der Waals surface area contributed by atoms with Crippen LogP contribution in [-0.4, -0.2) is 23.4 Å². The molecule has 0 bridgehead atoms. The summed E-state index contributed by atoms with van der Waals surface area (Å²) in [6.45, 7) is -0.0596. The van der Waals surface area contributed by atoms with Gasteiger partial charge < -0.3 is 10.1 Å². The summed E-state index contributed by atoms with van der Waals surface area (Å²) < 4.78 is 5.34. The summed E-state index contributed by atoms with van der Waals surface area (Å²) in [5.41, 5.74) is 1.99. The number of aromatic nitrogens is 1. The molecule has 0 spiro atoms. The van der Waals surface area contributed by atoms with E-state index in [4.69, 9.17) is 16.3 Å². The first-order valence-corrected chi connectivity index (χ1v) is 9.34. The summed E-state index contributed by atoms with van der Waals surface area (Å²) in [4.78, 5) is 29.0. The van der Waals surface area contributed by atoms with Gasteiger partial charge in [-0.25, -0.2) is 4.98 Å². The van der Waals surface area contributed by atoms with Gasteiger partial charge in [-0.15, -0.1) is 11.3 Å². The van der Waals surface area contributed by atoms with E-state index in [-0.39, 0.29) is 18.4 Å². The number of hydrogen-bond donors (Lipinski definition) is 2. The summed E-state index contributed by atoms with van der Waals surface area (Å²) in [7, 11) is 0. The van der Waals surface area contributed by atoms with Crippen molar-refractivity contribution in [1.29, 1.82) is 0 Å². The van der Waals surface area contributed by atoms with Gasteiger partial charge in [0, 0.05) is 28.1 Å². The summed E-state index contributed by atoms with van der Waals surface area (Å²) in [6.07, 6.45) is 2.38. The van der Waals surface area contributed by atoms with Gasteiger partial charge in [0.25, 0.3) is 11.8 Å². The van der Waals surface area contributed by atoms with Crippen molar-refractivity contribution in [3.63, 3.8) is 0 Å². The summed E-state index contributed by atoms with van der Waals surface area (Å²) in [5, 5.41) is 6.69. The van der Waals surface area contributed by atoms with Gasteiger partial charge in [-0.05, 0) is 29.8 Å². The smallest absolute Gasteiger partial charge is 0.262 e. The monoisotopic (exact) mass is 399 g/mol. The van der Waals surface area contributed by atoms with Crippen molar-refractivity contribution < 1.29 is 14.3 Å². The zero-order valence-corrected chi connectivity index (χ0v) is 15.6. The highest BCUT2D eigenvalue weighted by Crippen LogP contribution is 2.29. The number of amides is 2. The van der Waals surface area contributed by atoms with Gasteiger partial charge in [0.05, 0.1) is 5.69 Å². The molecule has 0 fully saturated rings. The minimum atomic E-state index is -0.294. The molecule has 3 aromatic rings. The third kappa shape index (κ3) is 3.94. The second-order valence-electron chi connectivity index (χ2n) is 5.90. The Labute approximate surface area is 164 Å². The van der Waals surface area contributed by atoms with Gasteiger partial charge in [0.1, 0.15) is 5.75 Å². The highest BCUT2D eigenvalue weighted by Gasteiger charge is 2.18. The van der Waals surface area contributed by atoms with Crippen LogP contribution in [0.1, 0.15) is 20.8 Å². The zero-order valence-electron chi connectivity index (χ0n) is 14.0. The third-order valence-electron chi connectivity index (χ3n) is 3.97. The molecule has 0 saturated carbocycles. The van der Waals surface area contributed by atoms with Crippen LogP contribution in [0.5, 0.6) is 5.75 Å². The van der Waals surface area contributed by atoms with E-state index in [9.17, 15) is 9.59 Å². The van der Waals surface area contributed by atoms with E-state index in [1.165, 1.54) is 11.3 Å². The SMILES string of the molecule is O=C1COc2cc(C(=O)Nc3ncc(Cc4ccccc4Cl)s3)ccc2N1. The van der Waals surface area contributed by atoms with E-state index >= 15 is 0 Å². The number of carbonyl (C=O) groups excluding carboxylic acids is 2. The lowest BCUT2D eigenvalue weighted by atomic mass is 10.1. The molecule has 0 saturated heterocycles. The number of anilines is 2. The molecular formula is C19H14ClN3O3S. The summed E-state index contributed by atoms with van der Waals surface area (Å²) in [5.74, 6) is -0.0359. The van der Waals surface area contributed by atoms with Crippen LogP contribution in [0.15, 0.2) is 48.7 Å². The number of fused-ring (bicyclic) bond motifs is 1. The average molecular weight is 400 g/mol. The lowest BCUT2D eigenvalue weighted by Gasteiger charge is -2.18. The molecule has 136 valence electrons. The van der Waals surface area contributed by atoms with Crippen molar-refractivity contribution in [3.8, 4) is 5.75 Å². The average Bonchev–Trinajstić information content (AvgIpc) is 3.10. The first-order valence-electron chi connectivity index (χ1n) is 8.14. The highest BCUT2D eigenvalue weighted by atomic mass is 35.5. The fourth-order valence-corrected chi connectivity index (χ4v) is 3.69. The van der Waals surface area contributed by atoms with E-state index < -0.39 is 0 Å². The van der Waals surface area contributed by atoms with Gasteiger partial charge in [0.2, 0.25) is 0 Å². The van der Waals surface area contributed by atoms with Crippen LogP contribution in [0.3, 0.4) is 0 Å². The second kappa shape index (κ2) is 7.38. The molecule has 1 aromatic heterocycles. The van der Waals surface area contributed by atoms with E-state index in [2.05, 4.69) is 15.6 Å². The van der Waals surface area contributed by atoms with Crippen molar-refractivity contribution in [3.05, 3.63) is 69.7 Å². The number of hydrogen-bond acceptors (Lipinski definition) is 5. The molecule has 1 aliphatic heterocycles. The number of benzene rings is 2. The van der Waals surface area contributed by atoms with Crippen LogP contribution in [0.2, 0.25) is 5.02 Å². The normalized spacial score (nSPS) is 12.7. The zero-order chi connectivity index (χ0) is 18.8. The predicted molar refractivity (Wildman–Crippen MR) is 105 cm³/mol. The van der Waals surface area contributed by atoms with Gasteiger partial charge >= 0.3 is 0 Å². The Morgan fingerprint density at radius 3 is 3.00 bits per heavy atom. The summed E-state index contributed by atoms with van der Waals surface area (Å²) in [6, 6.07) is 12.5. The van der Waals surface area contributed by atoms with Gasteiger partial charge in [0.15, 0.2) is 11.7 Å². The molecule has 27 heavy (non-hydrogen) atoms. The Kier molecular flexibility index (Phi) is 4.79. The Bertz CT molecular complexity index is 1030. The van der Waals surface area contributed by atoms with Crippen molar-refractivity contribution in [1.82, 2.24) is 4.98 Å². The standard InChI is InChI=1S/C19H14ClN3O3S/c20-14-4-2-1-3-11(14)7-13-9-21-19(27-13)23-18(25)12-5-6-15-16(8-12)26-10-17(24)22-15/h1-6,8-9H,7,10H2,(H,22,24)(H,21,23,25). The van der Waals surface area contributed by atoms with Gasteiger partial charge in [-0.2, -0.15) is 0 Å². The molecule has 2 heterocycles. The minimum absolute atomic E-state index is 0.0596. The van der Waals surface area contributed by atoms with E-state index in [1.54, 1.807) is 24.4 Å². The van der Waals surface area contributed by atoms with Crippen LogP contribution in [0.25, 0.3) is 0 Å². The number of halogens is 1. The molecule has 0 radical (unpaired) electrons. The van der Waals surface area contributed by atoms with Crippen LogP contribution in [-0.2, 0) is 11.2 Å². The number of nitrogens with one attached hydrogen (secondary N) is 2. The van der Waals surface area contributed by atoms with Crippen molar-refractivity contribution in [2.45, 2.75) is 6.42 Å². The molecular weight excluding hydrogens is 386 g/mol. The minimum Gasteiger partial charge on any atom is -0.482 e. The maximum Gasteiger partial charge on any atom is 0.262 e. The third-order valence-corrected chi connectivity index (χ3v) is 5.25. The Morgan fingerprint density at radius 2 is 2.15 bits per heavy atom. The Hall–Kier alpha value is -2.90. The molecule has 6 nitrogen and oxygen atoms in total. The molecule has 8 heteroatoms. The Morgan fingerprint density at radius 1 is 1.30 bits per heavy atom. The first-order chi connectivity index (χ1) is 13.1. The molecule has 1 aliphatic rings. The molecule has 4 rings (SSSR count). The second-order valence-corrected chi connectivity index (χ2v) is 7.42. The molecule has 0 unspecified atom stereocenters. The van der Waals surface area contributed by atoms with E-state index in [0.29, 0.717) is 33.6 Å². The van der Waals surface area contributed by atoms with Gasteiger partial charge in [-0.1, -0.05) is 29.8 Å². The summed E-state index contributed by atoms with van der Waals surface area (Å²) >= 11 is 7.59. The quantitative estimate of drug-likeness (QED) is 0.695. The lowest BCUT2D eigenvalue weighted by Crippen LogP contribution is -2.25. The molecule has 2 N–H and O–H groups in total. The molecule has 0 atom stereocenters. The van der Waals surface area contributed by atoms with Crippen molar-refractivity contribution in [2.75, 3.05) is 17.2 Å².